The van der Waals surface area contributed by atoms with Crippen LogP contribution in [0.1, 0.15) is 42.3 Å². The molecule has 0 radical (unpaired) electrons. The molecule has 0 aliphatic heterocycles. The fraction of sp³-hybridized carbons (Fsp3) is 0.500. The number of hydrogen-bond donors (Lipinski definition) is 3. The third-order valence-corrected chi connectivity index (χ3v) is 3.67. The lowest BCUT2D eigenvalue weighted by Gasteiger charge is -2.01. The van der Waals surface area contributed by atoms with Gasteiger partial charge in [-0.15, -0.1) is 11.3 Å². The van der Waals surface area contributed by atoms with Crippen molar-refractivity contribution in [2.75, 3.05) is 0 Å². The fourth-order valence-corrected chi connectivity index (χ4v) is 2.56. The van der Waals surface area contributed by atoms with Gasteiger partial charge in [0.2, 0.25) is 0 Å². The number of aliphatic hydroxyl groups is 2. The van der Waals surface area contributed by atoms with Crippen LogP contribution >= 0.6 is 11.3 Å². The minimum absolute atomic E-state index is 0.401. The molecule has 0 saturated carbocycles. The van der Waals surface area contributed by atoms with Crippen molar-refractivity contribution in [3.8, 4) is 0 Å². The molecule has 0 aliphatic carbocycles. The second-order valence-electron chi connectivity index (χ2n) is 3.92. The van der Waals surface area contributed by atoms with Crippen LogP contribution in [-0.4, -0.2) is 20.2 Å². The Morgan fingerprint density at radius 3 is 2.47 bits per heavy atom. The number of nitrogens with one attached hydrogen (secondary N) is 1. The van der Waals surface area contributed by atoms with Crippen LogP contribution in [0.2, 0.25) is 0 Å². The minimum Gasteiger partial charge on any atom is -0.363 e. The molecule has 0 fully saturated rings. The second-order valence-corrected chi connectivity index (χ2v) is 4.95. The lowest BCUT2D eigenvalue weighted by Crippen LogP contribution is -1.97. The SMILES string of the molecule is Cc1c(C(O)O)[nH]c2sc(C(C)C)nc12. The van der Waals surface area contributed by atoms with Crippen LogP contribution in [0.4, 0.5) is 0 Å². The zero-order chi connectivity index (χ0) is 11.2. The minimum atomic E-state index is -1.45. The van der Waals surface area contributed by atoms with Crippen molar-refractivity contribution in [2.45, 2.75) is 33.0 Å². The maximum Gasteiger partial charge on any atom is 0.194 e. The summed E-state index contributed by atoms with van der Waals surface area (Å²) in [6.07, 6.45) is -1.45. The summed E-state index contributed by atoms with van der Waals surface area (Å²) >= 11 is 1.57. The average molecular weight is 226 g/mol. The number of rotatable bonds is 2. The predicted octanol–water partition coefficient (Wildman–Crippen LogP) is 2.04. The molecule has 2 rings (SSSR count). The highest BCUT2D eigenvalue weighted by atomic mass is 32.1. The summed E-state index contributed by atoms with van der Waals surface area (Å²) in [5.74, 6) is 0.401. The Morgan fingerprint density at radius 2 is 2.00 bits per heavy atom. The molecular formula is C10H14N2O2S. The number of aromatic amines is 1. The number of fused-ring (bicyclic) bond motifs is 1. The number of aryl methyl sites for hydroxylation is 1. The van der Waals surface area contributed by atoms with Gasteiger partial charge in [-0.3, -0.25) is 0 Å². The van der Waals surface area contributed by atoms with Gasteiger partial charge in [-0.1, -0.05) is 13.8 Å². The van der Waals surface area contributed by atoms with Gasteiger partial charge < -0.3 is 15.2 Å². The van der Waals surface area contributed by atoms with E-state index in [0.717, 1.165) is 20.9 Å². The summed E-state index contributed by atoms with van der Waals surface area (Å²) in [4.78, 5) is 8.39. The topological polar surface area (TPSA) is 69.1 Å². The largest absolute Gasteiger partial charge is 0.363 e. The van der Waals surface area contributed by atoms with Crippen LogP contribution in [0, 0.1) is 6.92 Å². The third kappa shape index (κ3) is 1.67. The normalized spacial score (nSPS) is 12.2. The van der Waals surface area contributed by atoms with Crippen molar-refractivity contribution < 1.29 is 10.2 Å². The maximum absolute atomic E-state index is 9.10. The summed E-state index contributed by atoms with van der Waals surface area (Å²) in [6, 6.07) is 0. The summed E-state index contributed by atoms with van der Waals surface area (Å²) in [7, 11) is 0. The molecule has 82 valence electrons. The summed E-state index contributed by atoms with van der Waals surface area (Å²) in [5, 5.41) is 19.3. The van der Waals surface area contributed by atoms with Crippen LogP contribution in [0.3, 0.4) is 0 Å². The average Bonchev–Trinajstić information content (AvgIpc) is 2.65. The van der Waals surface area contributed by atoms with Crippen LogP contribution < -0.4 is 0 Å². The number of aromatic nitrogens is 2. The molecule has 0 bridgehead atoms. The Morgan fingerprint density at radius 1 is 1.33 bits per heavy atom. The Hall–Kier alpha value is -0.910. The number of hydrogen-bond acceptors (Lipinski definition) is 4. The number of nitrogens with zero attached hydrogens (tertiary/aromatic N) is 1. The first kappa shape index (κ1) is 10.6. The van der Waals surface area contributed by atoms with E-state index < -0.39 is 6.29 Å². The summed E-state index contributed by atoms with van der Waals surface area (Å²) in [6.45, 7) is 6.03. The van der Waals surface area contributed by atoms with Crippen molar-refractivity contribution in [3.63, 3.8) is 0 Å². The Balaban J connectivity index is 2.57. The molecule has 0 unspecified atom stereocenters. The predicted molar refractivity (Wildman–Crippen MR) is 60.0 cm³/mol. The van der Waals surface area contributed by atoms with E-state index in [9.17, 15) is 0 Å². The highest BCUT2D eigenvalue weighted by Crippen LogP contribution is 2.31. The monoisotopic (exact) mass is 226 g/mol. The standard InChI is InChI=1S/C10H14N2O2S/c1-4(2)8-11-6-5(3)7(10(13)14)12-9(6)15-8/h4,10,12-14H,1-3H3. The first-order chi connectivity index (χ1) is 7.00. The molecule has 0 spiro atoms. The molecular weight excluding hydrogens is 212 g/mol. The van der Waals surface area contributed by atoms with Crippen molar-refractivity contribution in [2.24, 2.45) is 0 Å². The van der Waals surface area contributed by atoms with Gasteiger partial charge in [0.15, 0.2) is 6.29 Å². The van der Waals surface area contributed by atoms with Crippen LogP contribution in [0.5, 0.6) is 0 Å². The van der Waals surface area contributed by atoms with E-state index in [1.165, 1.54) is 0 Å². The molecule has 0 aromatic carbocycles. The van der Waals surface area contributed by atoms with Crippen molar-refractivity contribution in [1.29, 1.82) is 0 Å². The van der Waals surface area contributed by atoms with E-state index in [1.54, 1.807) is 11.3 Å². The zero-order valence-corrected chi connectivity index (χ0v) is 9.72. The molecule has 0 saturated heterocycles. The quantitative estimate of drug-likeness (QED) is 0.686. The highest BCUT2D eigenvalue weighted by Gasteiger charge is 2.17. The number of H-pyrrole nitrogens is 1. The van der Waals surface area contributed by atoms with Crippen LogP contribution in [0.15, 0.2) is 0 Å². The third-order valence-electron chi connectivity index (χ3n) is 2.40. The van der Waals surface area contributed by atoms with Gasteiger partial charge in [0.25, 0.3) is 0 Å². The fourth-order valence-electron chi connectivity index (χ4n) is 1.52. The molecule has 15 heavy (non-hydrogen) atoms. The Labute approximate surface area is 91.6 Å². The lowest BCUT2D eigenvalue weighted by molar-refractivity contribution is -0.0457. The van der Waals surface area contributed by atoms with Crippen molar-refractivity contribution >= 4 is 21.7 Å². The Kier molecular flexibility index (Phi) is 2.54. The molecule has 0 aliphatic rings. The van der Waals surface area contributed by atoms with Gasteiger partial charge in [0.05, 0.1) is 10.7 Å². The van der Waals surface area contributed by atoms with Crippen LogP contribution in [-0.2, 0) is 0 Å². The summed E-state index contributed by atoms with van der Waals surface area (Å²) in [5.41, 5.74) is 2.12. The highest BCUT2D eigenvalue weighted by molar-refractivity contribution is 7.18. The molecule has 2 aromatic heterocycles. The van der Waals surface area contributed by atoms with Crippen molar-refractivity contribution in [3.05, 3.63) is 16.3 Å². The van der Waals surface area contributed by atoms with Gasteiger partial charge in [-0.05, 0) is 6.92 Å². The second kappa shape index (κ2) is 3.59. The van der Waals surface area contributed by atoms with E-state index in [1.807, 2.05) is 6.92 Å². The Bertz CT molecular complexity index is 485. The molecule has 0 amide bonds. The van der Waals surface area contributed by atoms with E-state index in [4.69, 9.17) is 10.2 Å². The van der Waals surface area contributed by atoms with E-state index in [2.05, 4.69) is 23.8 Å². The molecule has 4 nitrogen and oxygen atoms in total. The molecule has 2 aromatic rings. The lowest BCUT2D eigenvalue weighted by atomic mass is 10.2. The first-order valence-electron chi connectivity index (χ1n) is 4.85. The van der Waals surface area contributed by atoms with Gasteiger partial charge in [0, 0.05) is 11.5 Å². The van der Waals surface area contributed by atoms with Crippen LogP contribution in [0.25, 0.3) is 10.3 Å². The van der Waals surface area contributed by atoms with Gasteiger partial charge in [-0.2, -0.15) is 0 Å². The van der Waals surface area contributed by atoms with Gasteiger partial charge in [0.1, 0.15) is 10.3 Å². The molecule has 5 heteroatoms. The summed E-state index contributed by atoms with van der Waals surface area (Å²) < 4.78 is 0. The number of thiazole rings is 1. The number of aliphatic hydroxyl groups excluding tert-OH is 1. The smallest absolute Gasteiger partial charge is 0.194 e. The first-order valence-corrected chi connectivity index (χ1v) is 5.67. The molecule has 2 heterocycles. The zero-order valence-electron chi connectivity index (χ0n) is 8.90. The molecule has 3 N–H and O–H groups in total. The van der Waals surface area contributed by atoms with E-state index in [0.29, 0.717) is 11.6 Å². The van der Waals surface area contributed by atoms with Crippen molar-refractivity contribution in [1.82, 2.24) is 9.97 Å². The van der Waals surface area contributed by atoms with E-state index >= 15 is 0 Å². The van der Waals surface area contributed by atoms with E-state index in [-0.39, 0.29) is 0 Å². The maximum atomic E-state index is 9.10. The molecule has 0 atom stereocenters. The van der Waals surface area contributed by atoms with Gasteiger partial charge >= 0.3 is 0 Å². The van der Waals surface area contributed by atoms with Gasteiger partial charge in [-0.25, -0.2) is 4.98 Å².